The van der Waals surface area contributed by atoms with Crippen LogP contribution in [0.1, 0.15) is 19.8 Å². The molecule has 0 bridgehead atoms. The zero-order valence-corrected chi connectivity index (χ0v) is 14.5. The lowest BCUT2D eigenvalue weighted by atomic mass is 9.85. The summed E-state index contributed by atoms with van der Waals surface area (Å²) in [6.07, 6.45) is 2.50. The Morgan fingerprint density at radius 1 is 1.27 bits per heavy atom. The van der Waals surface area contributed by atoms with Gasteiger partial charge in [0, 0.05) is 18.6 Å². The van der Waals surface area contributed by atoms with E-state index in [1.165, 1.54) is 6.08 Å². The molecule has 2 N–H and O–H groups in total. The molecule has 0 atom stereocenters. The Kier molecular flexibility index (Phi) is 6.09. The standard InChI is InChI=1S/C16H22N4O6/c1-3-5-19-14(24)15(25)20(16(19)26)8-12(21)17-10-6-11(7-10)18(4-2)9-13(22)23/h3,10-11H,1,4-9H2,2H3,(H,17,21)(H,22,23). The molecule has 5 amide bonds. The van der Waals surface area contributed by atoms with E-state index in [0.29, 0.717) is 24.3 Å². The lowest BCUT2D eigenvalue weighted by Crippen LogP contribution is -2.56. The van der Waals surface area contributed by atoms with Gasteiger partial charge in [0.15, 0.2) is 0 Å². The van der Waals surface area contributed by atoms with Crippen molar-refractivity contribution in [1.82, 2.24) is 20.0 Å². The van der Waals surface area contributed by atoms with Gasteiger partial charge in [-0.15, -0.1) is 6.58 Å². The van der Waals surface area contributed by atoms with Crippen LogP contribution < -0.4 is 5.32 Å². The Morgan fingerprint density at radius 3 is 2.42 bits per heavy atom. The number of nitrogens with one attached hydrogen (secondary N) is 1. The zero-order valence-electron chi connectivity index (χ0n) is 14.5. The fourth-order valence-electron chi connectivity index (χ4n) is 3.07. The third kappa shape index (κ3) is 4.07. The van der Waals surface area contributed by atoms with Crippen LogP contribution in [0.2, 0.25) is 0 Å². The highest BCUT2D eigenvalue weighted by Gasteiger charge is 2.45. The van der Waals surface area contributed by atoms with Gasteiger partial charge in [0.2, 0.25) is 5.91 Å². The number of carboxylic acids is 1. The van der Waals surface area contributed by atoms with Gasteiger partial charge in [-0.1, -0.05) is 13.0 Å². The summed E-state index contributed by atoms with van der Waals surface area (Å²) in [4.78, 5) is 61.6. The number of likely N-dealkylation sites (N-methyl/N-ethyl adjacent to an activating group) is 1. The van der Waals surface area contributed by atoms with Crippen molar-refractivity contribution < 1.29 is 29.1 Å². The molecule has 10 heteroatoms. The summed E-state index contributed by atoms with van der Waals surface area (Å²) in [6.45, 7) is 5.20. The average Bonchev–Trinajstić information content (AvgIpc) is 2.74. The van der Waals surface area contributed by atoms with E-state index in [2.05, 4.69) is 11.9 Å². The van der Waals surface area contributed by atoms with Gasteiger partial charge >= 0.3 is 23.8 Å². The van der Waals surface area contributed by atoms with Crippen molar-refractivity contribution in [2.45, 2.75) is 31.8 Å². The summed E-state index contributed by atoms with van der Waals surface area (Å²) < 4.78 is 0. The molecule has 26 heavy (non-hydrogen) atoms. The summed E-state index contributed by atoms with van der Waals surface area (Å²) in [5.74, 6) is -3.44. The number of nitrogens with zero attached hydrogens (tertiary/aromatic N) is 3. The molecule has 0 radical (unpaired) electrons. The maximum atomic E-state index is 12.1. The van der Waals surface area contributed by atoms with Crippen molar-refractivity contribution in [3.63, 3.8) is 0 Å². The van der Waals surface area contributed by atoms with Crippen LogP contribution in [0.4, 0.5) is 4.79 Å². The highest BCUT2D eigenvalue weighted by molar-refractivity contribution is 6.45. The topological polar surface area (TPSA) is 127 Å². The number of carbonyl (C=O) groups is 5. The van der Waals surface area contributed by atoms with E-state index in [1.54, 1.807) is 0 Å². The molecule has 142 valence electrons. The fourth-order valence-corrected chi connectivity index (χ4v) is 3.07. The fraction of sp³-hybridized carbons (Fsp3) is 0.562. The van der Waals surface area contributed by atoms with Crippen molar-refractivity contribution >= 4 is 29.7 Å². The van der Waals surface area contributed by atoms with E-state index in [1.807, 2.05) is 11.8 Å². The first-order valence-corrected chi connectivity index (χ1v) is 8.31. The van der Waals surface area contributed by atoms with Crippen LogP contribution >= 0.6 is 0 Å². The molecule has 2 rings (SSSR count). The number of urea groups is 1. The van der Waals surface area contributed by atoms with E-state index < -0.39 is 36.3 Å². The number of carboxylic acid groups (broad SMARTS) is 1. The number of hydrogen-bond acceptors (Lipinski definition) is 6. The summed E-state index contributed by atoms with van der Waals surface area (Å²) in [5, 5.41) is 11.6. The molecule has 0 aromatic carbocycles. The molecule has 1 heterocycles. The molecule has 1 aliphatic heterocycles. The quantitative estimate of drug-likeness (QED) is 0.305. The summed E-state index contributed by atoms with van der Waals surface area (Å²) in [5.41, 5.74) is 0. The Balaban J connectivity index is 1.82. The van der Waals surface area contributed by atoms with E-state index in [0.717, 1.165) is 4.90 Å². The molecule has 1 saturated carbocycles. The largest absolute Gasteiger partial charge is 0.480 e. The van der Waals surface area contributed by atoms with Crippen molar-refractivity contribution in [3.8, 4) is 0 Å². The van der Waals surface area contributed by atoms with Crippen LogP contribution in [0, 0.1) is 0 Å². The predicted molar refractivity (Wildman–Crippen MR) is 88.9 cm³/mol. The van der Waals surface area contributed by atoms with Crippen molar-refractivity contribution in [1.29, 1.82) is 0 Å². The SMILES string of the molecule is C=CCN1C(=O)C(=O)N(CC(=O)NC2CC(N(CC)CC(=O)O)C2)C1=O. The summed E-state index contributed by atoms with van der Waals surface area (Å²) in [7, 11) is 0. The van der Waals surface area contributed by atoms with E-state index in [9.17, 15) is 24.0 Å². The number of hydrogen-bond donors (Lipinski definition) is 2. The average molecular weight is 366 g/mol. The first-order valence-electron chi connectivity index (χ1n) is 8.31. The molecule has 10 nitrogen and oxygen atoms in total. The van der Waals surface area contributed by atoms with Crippen LogP contribution in [-0.4, -0.2) is 87.8 Å². The first kappa shape index (κ1) is 19.6. The van der Waals surface area contributed by atoms with Gasteiger partial charge < -0.3 is 10.4 Å². The molecule has 0 aromatic rings. The normalized spacial score (nSPS) is 22.6. The minimum Gasteiger partial charge on any atom is -0.480 e. The first-order chi connectivity index (χ1) is 12.3. The minimum absolute atomic E-state index is 0.0557. The highest BCUT2D eigenvalue weighted by Crippen LogP contribution is 2.25. The lowest BCUT2D eigenvalue weighted by molar-refractivity contribution is -0.144. The van der Waals surface area contributed by atoms with Gasteiger partial charge in [0.25, 0.3) is 0 Å². The van der Waals surface area contributed by atoms with Crippen molar-refractivity contribution in [2.75, 3.05) is 26.2 Å². The molecular weight excluding hydrogens is 344 g/mol. The highest BCUT2D eigenvalue weighted by atomic mass is 16.4. The summed E-state index contributed by atoms with van der Waals surface area (Å²) in [6, 6.07) is -0.913. The molecular formula is C16H22N4O6. The Labute approximate surface area is 150 Å². The van der Waals surface area contributed by atoms with Crippen LogP contribution in [0.15, 0.2) is 12.7 Å². The van der Waals surface area contributed by atoms with Crippen LogP contribution in [0.3, 0.4) is 0 Å². The van der Waals surface area contributed by atoms with Gasteiger partial charge in [0.05, 0.1) is 6.54 Å². The molecule has 0 aromatic heterocycles. The van der Waals surface area contributed by atoms with E-state index in [-0.39, 0.29) is 25.2 Å². The molecule has 0 spiro atoms. The second-order valence-electron chi connectivity index (χ2n) is 6.22. The van der Waals surface area contributed by atoms with Gasteiger partial charge in [-0.2, -0.15) is 0 Å². The van der Waals surface area contributed by atoms with Crippen LogP contribution in [0.25, 0.3) is 0 Å². The number of aliphatic carboxylic acids is 1. The minimum atomic E-state index is -1.03. The monoisotopic (exact) mass is 366 g/mol. The van der Waals surface area contributed by atoms with E-state index >= 15 is 0 Å². The van der Waals surface area contributed by atoms with Gasteiger partial charge in [-0.3, -0.25) is 29.0 Å². The molecule has 1 aliphatic carbocycles. The number of carbonyl (C=O) groups excluding carboxylic acids is 4. The maximum absolute atomic E-state index is 12.1. The predicted octanol–water partition coefficient (Wildman–Crippen LogP) is -0.983. The Morgan fingerprint density at radius 2 is 1.88 bits per heavy atom. The number of rotatable bonds is 9. The summed E-state index contributed by atoms with van der Waals surface area (Å²) >= 11 is 0. The number of imide groups is 2. The number of amides is 5. The van der Waals surface area contributed by atoms with Crippen LogP contribution in [0.5, 0.6) is 0 Å². The third-order valence-electron chi connectivity index (χ3n) is 4.49. The Hall–Kier alpha value is -2.75. The second-order valence-corrected chi connectivity index (χ2v) is 6.22. The van der Waals surface area contributed by atoms with Gasteiger partial charge in [0.1, 0.15) is 6.54 Å². The smallest absolute Gasteiger partial charge is 0.335 e. The third-order valence-corrected chi connectivity index (χ3v) is 4.49. The van der Waals surface area contributed by atoms with Crippen molar-refractivity contribution in [2.24, 2.45) is 0 Å². The zero-order chi connectivity index (χ0) is 19.4. The van der Waals surface area contributed by atoms with Crippen LogP contribution in [-0.2, 0) is 19.2 Å². The Bertz CT molecular complexity index is 643. The lowest BCUT2D eigenvalue weighted by Gasteiger charge is -2.42. The van der Waals surface area contributed by atoms with E-state index in [4.69, 9.17) is 5.11 Å². The molecule has 2 aliphatic rings. The van der Waals surface area contributed by atoms with Gasteiger partial charge in [-0.25, -0.2) is 9.69 Å². The van der Waals surface area contributed by atoms with Gasteiger partial charge in [-0.05, 0) is 19.4 Å². The maximum Gasteiger partial charge on any atom is 0.335 e. The molecule has 2 fully saturated rings. The second kappa shape index (κ2) is 8.09. The molecule has 1 saturated heterocycles. The van der Waals surface area contributed by atoms with Crippen molar-refractivity contribution in [3.05, 3.63) is 12.7 Å². The molecule has 0 unspecified atom stereocenters.